The van der Waals surface area contributed by atoms with Gasteiger partial charge in [-0.05, 0) is 29.7 Å². The maximum absolute atomic E-state index is 5.86. The molecule has 142 valence electrons. The Morgan fingerprint density at radius 3 is 2.54 bits per heavy atom. The van der Waals surface area contributed by atoms with Crippen LogP contribution in [0.25, 0.3) is 0 Å². The lowest BCUT2D eigenvalue weighted by atomic mass is 10.2. The number of aliphatic imine (C=N–C) groups is 1. The normalized spacial score (nSPS) is 10.8. The molecular formula is C20H28IN3O2. The molecule has 0 atom stereocenters. The Bertz CT molecular complexity index is 678. The van der Waals surface area contributed by atoms with Crippen molar-refractivity contribution in [2.45, 2.75) is 32.9 Å². The predicted octanol–water partition coefficient (Wildman–Crippen LogP) is 4.10. The zero-order valence-electron chi connectivity index (χ0n) is 15.4. The number of nitrogens with two attached hydrogens (primary N) is 1. The topological polar surface area (TPSA) is 68.9 Å². The Balaban J connectivity index is 0.00000338. The lowest BCUT2D eigenvalue weighted by Gasteiger charge is -2.12. The van der Waals surface area contributed by atoms with E-state index >= 15 is 0 Å². The quantitative estimate of drug-likeness (QED) is 0.251. The third-order valence-electron chi connectivity index (χ3n) is 3.73. The average molecular weight is 469 g/mol. The largest absolute Gasteiger partial charge is 0.493 e. The Labute approximate surface area is 173 Å². The predicted molar refractivity (Wildman–Crippen MR) is 117 cm³/mol. The summed E-state index contributed by atoms with van der Waals surface area (Å²) in [6.45, 7) is 3.99. The van der Waals surface area contributed by atoms with Crippen LogP contribution in [0.15, 0.2) is 53.5 Å². The van der Waals surface area contributed by atoms with Crippen molar-refractivity contribution in [2.24, 2.45) is 10.7 Å². The molecule has 0 heterocycles. The summed E-state index contributed by atoms with van der Waals surface area (Å²) in [7, 11) is 1.64. The van der Waals surface area contributed by atoms with Crippen molar-refractivity contribution in [3.63, 3.8) is 0 Å². The SMILES string of the molecule is CCCCNC(N)=NCc1ccc(OCc2ccccc2)c(OC)c1.I. The van der Waals surface area contributed by atoms with Crippen LogP contribution in [-0.2, 0) is 13.2 Å². The van der Waals surface area contributed by atoms with E-state index in [0.29, 0.717) is 30.6 Å². The highest BCUT2D eigenvalue weighted by Gasteiger charge is 2.06. The van der Waals surface area contributed by atoms with Crippen LogP contribution in [0.2, 0.25) is 0 Å². The highest BCUT2D eigenvalue weighted by atomic mass is 127. The van der Waals surface area contributed by atoms with E-state index in [1.165, 1.54) is 0 Å². The van der Waals surface area contributed by atoms with E-state index in [9.17, 15) is 0 Å². The number of halogens is 1. The molecule has 0 aliphatic rings. The summed E-state index contributed by atoms with van der Waals surface area (Å²) >= 11 is 0. The van der Waals surface area contributed by atoms with Gasteiger partial charge in [-0.15, -0.1) is 24.0 Å². The second kappa shape index (κ2) is 12.4. The van der Waals surface area contributed by atoms with Crippen molar-refractivity contribution in [3.8, 4) is 11.5 Å². The molecule has 5 nitrogen and oxygen atoms in total. The van der Waals surface area contributed by atoms with E-state index in [2.05, 4.69) is 17.2 Å². The van der Waals surface area contributed by atoms with Crippen molar-refractivity contribution in [3.05, 3.63) is 59.7 Å². The Kier molecular flexibility index (Phi) is 10.5. The third kappa shape index (κ3) is 7.51. The summed E-state index contributed by atoms with van der Waals surface area (Å²) in [4.78, 5) is 4.35. The van der Waals surface area contributed by atoms with Gasteiger partial charge in [0, 0.05) is 6.54 Å². The number of unbranched alkanes of at least 4 members (excludes halogenated alkanes) is 1. The van der Waals surface area contributed by atoms with Gasteiger partial charge in [0.05, 0.1) is 13.7 Å². The van der Waals surface area contributed by atoms with Gasteiger partial charge in [0.1, 0.15) is 6.61 Å². The van der Waals surface area contributed by atoms with Crippen molar-refractivity contribution in [2.75, 3.05) is 13.7 Å². The van der Waals surface area contributed by atoms with Crippen LogP contribution in [-0.4, -0.2) is 19.6 Å². The fraction of sp³-hybridized carbons (Fsp3) is 0.350. The number of nitrogens with one attached hydrogen (secondary N) is 1. The van der Waals surface area contributed by atoms with E-state index in [1.54, 1.807) is 7.11 Å². The number of guanidine groups is 1. The van der Waals surface area contributed by atoms with Gasteiger partial charge in [0.15, 0.2) is 17.5 Å². The maximum atomic E-state index is 5.86. The molecule has 2 aromatic carbocycles. The number of hydrogen-bond acceptors (Lipinski definition) is 3. The van der Waals surface area contributed by atoms with Gasteiger partial charge in [-0.1, -0.05) is 49.7 Å². The van der Waals surface area contributed by atoms with Gasteiger partial charge in [0.25, 0.3) is 0 Å². The summed E-state index contributed by atoms with van der Waals surface area (Å²) in [5.74, 6) is 1.88. The minimum absolute atomic E-state index is 0. The van der Waals surface area contributed by atoms with E-state index < -0.39 is 0 Å². The summed E-state index contributed by atoms with van der Waals surface area (Å²) in [6.07, 6.45) is 2.21. The van der Waals surface area contributed by atoms with Crippen molar-refractivity contribution >= 4 is 29.9 Å². The van der Waals surface area contributed by atoms with Gasteiger partial charge in [-0.25, -0.2) is 4.99 Å². The van der Waals surface area contributed by atoms with Crippen molar-refractivity contribution in [1.29, 1.82) is 0 Å². The van der Waals surface area contributed by atoms with E-state index in [4.69, 9.17) is 15.2 Å². The smallest absolute Gasteiger partial charge is 0.188 e. The van der Waals surface area contributed by atoms with E-state index in [0.717, 1.165) is 30.5 Å². The average Bonchev–Trinajstić information content (AvgIpc) is 2.66. The fourth-order valence-corrected chi connectivity index (χ4v) is 2.29. The van der Waals surface area contributed by atoms with Crippen LogP contribution in [0.4, 0.5) is 0 Å². The van der Waals surface area contributed by atoms with Crippen LogP contribution in [0.1, 0.15) is 30.9 Å². The van der Waals surface area contributed by atoms with Gasteiger partial charge < -0.3 is 20.5 Å². The van der Waals surface area contributed by atoms with Crippen LogP contribution >= 0.6 is 24.0 Å². The fourth-order valence-electron chi connectivity index (χ4n) is 2.29. The molecule has 0 spiro atoms. The Hall–Kier alpha value is -1.96. The third-order valence-corrected chi connectivity index (χ3v) is 3.73. The highest BCUT2D eigenvalue weighted by Crippen LogP contribution is 2.29. The van der Waals surface area contributed by atoms with Crippen LogP contribution in [0.5, 0.6) is 11.5 Å². The zero-order chi connectivity index (χ0) is 17.9. The standard InChI is InChI=1S/C20H27N3O2.HI/c1-3-4-12-22-20(21)23-14-17-10-11-18(19(13-17)24-2)25-15-16-8-6-5-7-9-16;/h5-11,13H,3-4,12,14-15H2,1-2H3,(H3,21,22,23);1H. The molecule has 0 saturated heterocycles. The molecule has 0 aromatic heterocycles. The minimum Gasteiger partial charge on any atom is -0.493 e. The first kappa shape index (κ1) is 22.1. The molecule has 0 bridgehead atoms. The number of ether oxygens (including phenoxy) is 2. The summed E-state index contributed by atoms with van der Waals surface area (Å²) in [5, 5.41) is 3.10. The molecule has 0 radical (unpaired) electrons. The minimum atomic E-state index is 0. The molecule has 3 N–H and O–H groups in total. The summed E-state index contributed by atoms with van der Waals surface area (Å²) < 4.78 is 11.3. The first-order chi connectivity index (χ1) is 12.2. The molecule has 6 heteroatoms. The lowest BCUT2D eigenvalue weighted by Crippen LogP contribution is -2.32. The van der Waals surface area contributed by atoms with Gasteiger partial charge in [-0.3, -0.25) is 0 Å². The van der Waals surface area contributed by atoms with Gasteiger partial charge in [-0.2, -0.15) is 0 Å². The maximum Gasteiger partial charge on any atom is 0.188 e. The lowest BCUT2D eigenvalue weighted by molar-refractivity contribution is 0.284. The second-order valence-corrected chi connectivity index (χ2v) is 5.74. The molecule has 2 aromatic rings. The Morgan fingerprint density at radius 1 is 1.08 bits per heavy atom. The van der Waals surface area contributed by atoms with Crippen LogP contribution < -0.4 is 20.5 Å². The monoisotopic (exact) mass is 469 g/mol. The van der Waals surface area contributed by atoms with Gasteiger partial charge in [0.2, 0.25) is 0 Å². The first-order valence-corrected chi connectivity index (χ1v) is 8.60. The first-order valence-electron chi connectivity index (χ1n) is 8.60. The number of benzene rings is 2. The van der Waals surface area contributed by atoms with Crippen LogP contribution in [0.3, 0.4) is 0 Å². The number of nitrogens with zero attached hydrogens (tertiary/aromatic N) is 1. The van der Waals surface area contributed by atoms with E-state index in [1.807, 2.05) is 48.5 Å². The van der Waals surface area contributed by atoms with Crippen molar-refractivity contribution < 1.29 is 9.47 Å². The number of methoxy groups -OCH3 is 1. The van der Waals surface area contributed by atoms with Crippen LogP contribution in [0, 0.1) is 0 Å². The molecule has 0 aliphatic carbocycles. The van der Waals surface area contributed by atoms with Gasteiger partial charge >= 0.3 is 0 Å². The molecule has 0 fully saturated rings. The van der Waals surface area contributed by atoms with E-state index in [-0.39, 0.29) is 24.0 Å². The molecule has 2 rings (SSSR count). The molecule has 0 unspecified atom stereocenters. The summed E-state index contributed by atoms with van der Waals surface area (Å²) in [5.41, 5.74) is 7.99. The number of hydrogen-bond donors (Lipinski definition) is 2. The zero-order valence-corrected chi connectivity index (χ0v) is 17.7. The summed E-state index contributed by atoms with van der Waals surface area (Å²) in [6, 6.07) is 15.9. The highest BCUT2D eigenvalue weighted by molar-refractivity contribution is 14.0. The Morgan fingerprint density at radius 2 is 1.85 bits per heavy atom. The molecule has 26 heavy (non-hydrogen) atoms. The molecule has 0 amide bonds. The molecule has 0 saturated carbocycles. The second-order valence-electron chi connectivity index (χ2n) is 5.74. The molecular weight excluding hydrogens is 441 g/mol. The number of rotatable bonds is 9. The molecule has 0 aliphatic heterocycles. The van der Waals surface area contributed by atoms with Crippen molar-refractivity contribution in [1.82, 2.24) is 5.32 Å².